The zero-order valence-corrected chi connectivity index (χ0v) is 17.5. The molecule has 3 rings (SSSR count). The molecule has 0 aliphatic carbocycles. The number of hydrogen-bond acceptors (Lipinski definition) is 4. The van der Waals surface area contributed by atoms with Gasteiger partial charge in [-0.25, -0.2) is 9.18 Å². The third-order valence-corrected chi connectivity index (χ3v) is 4.83. The van der Waals surface area contributed by atoms with Crippen molar-refractivity contribution >= 4 is 23.6 Å². The van der Waals surface area contributed by atoms with Gasteiger partial charge in [-0.05, 0) is 39.0 Å². The number of nitrogens with two attached hydrogens (primary N) is 1. The average Bonchev–Trinajstić information content (AvgIpc) is 2.99. The number of rotatable bonds is 2. The van der Waals surface area contributed by atoms with Gasteiger partial charge in [0, 0.05) is 5.56 Å². The Morgan fingerprint density at radius 2 is 1.90 bits per heavy atom. The van der Waals surface area contributed by atoms with Crippen molar-refractivity contribution in [1.29, 1.82) is 0 Å². The number of aromatic nitrogens is 2. The molecule has 1 unspecified atom stereocenters. The summed E-state index contributed by atoms with van der Waals surface area (Å²) >= 11 is 5.79. The summed E-state index contributed by atoms with van der Waals surface area (Å²) in [5, 5.41) is 3.84. The summed E-state index contributed by atoms with van der Waals surface area (Å²) < 4.78 is 60.8. The third-order valence-electron chi connectivity index (χ3n) is 4.55. The van der Waals surface area contributed by atoms with Crippen LogP contribution in [-0.4, -0.2) is 44.5 Å². The molecule has 0 radical (unpaired) electrons. The van der Waals surface area contributed by atoms with Crippen molar-refractivity contribution in [2.45, 2.75) is 51.7 Å². The second kappa shape index (κ2) is 7.70. The molecule has 0 bridgehead atoms. The molecular weight excluding hydrogens is 444 g/mol. The van der Waals surface area contributed by atoms with Crippen LogP contribution in [0.5, 0.6) is 0 Å². The number of halogens is 5. The minimum atomic E-state index is -4.78. The molecule has 2 heterocycles. The normalized spacial score (nSPS) is 16.8. The van der Waals surface area contributed by atoms with Crippen LogP contribution in [0.15, 0.2) is 18.2 Å². The molecule has 0 saturated carbocycles. The smallest absolute Gasteiger partial charge is 0.411 e. The number of benzene rings is 1. The number of amides is 2. The fourth-order valence-electron chi connectivity index (χ4n) is 3.24. The molecule has 12 heteroatoms. The van der Waals surface area contributed by atoms with E-state index >= 15 is 0 Å². The first-order valence-electron chi connectivity index (χ1n) is 9.10. The molecule has 0 saturated heterocycles. The van der Waals surface area contributed by atoms with Crippen molar-refractivity contribution in [2.24, 2.45) is 5.73 Å². The Hall–Kier alpha value is -2.82. The quantitative estimate of drug-likeness (QED) is 0.680. The molecule has 2 aromatic rings. The van der Waals surface area contributed by atoms with Crippen molar-refractivity contribution < 1.29 is 31.9 Å². The largest absolute Gasteiger partial charge is 0.444 e. The molecule has 1 aliphatic rings. The van der Waals surface area contributed by atoms with Gasteiger partial charge in [-0.2, -0.15) is 18.3 Å². The summed E-state index contributed by atoms with van der Waals surface area (Å²) in [7, 11) is 0. The van der Waals surface area contributed by atoms with Gasteiger partial charge < -0.3 is 10.5 Å². The van der Waals surface area contributed by atoms with Crippen LogP contribution in [0.2, 0.25) is 5.02 Å². The summed E-state index contributed by atoms with van der Waals surface area (Å²) in [4.78, 5) is 25.2. The summed E-state index contributed by atoms with van der Waals surface area (Å²) in [5.41, 5.74) is 4.40. The van der Waals surface area contributed by atoms with E-state index in [1.165, 1.54) is 32.9 Å². The Bertz CT molecular complexity index is 1050. The standard InChI is InChI=1S/C19H19ClF4N4O3/c1-18(2,3)31-17(30)27-7-12-14(16(25)29)15(9-4-5-11(21)10(20)6-9)26-28(12)8-13(27)19(22,23)24/h4-6,13H,7-8H2,1-3H3,(H2,25,29). The minimum absolute atomic E-state index is 0.00862. The first-order chi connectivity index (χ1) is 14.2. The highest BCUT2D eigenvalue weighted by molar-refractivity contribution is 6.31. The number of fused-ring (bicyclic) bond motifs is 1. The van der Waals surface area contributed by atoms with Crippen molar-refractivity contribution in [2.75, 3.05) is 0 Å². The number of carbonyl (C=O) groups excluding carboxylic acids is 2. The van der Waals surface area contributed by atoms with Gasteiger partial charge in [0.15, 0.2) is 6.04 Å². The maximum absolute atomic E-state index is 13.7. The third kappa shape index (κ3) is 4.60. The van der Waals surface area contributed by atoms with Gasteiger partial charge in [-0.15, -0.1) is 0 Å². The van der Waals surface area contributed by atoms with Crippen molar-refractivity contribution in [3.63, 3.8) is 0 Å². The number of hydrogen-bond donors (Lipinski definition) is 1. The summed E-state index contributed by atoms with van der Waals surface area (Å²) in [6.45, 7) is 3.18. The van der Waals surface area contributed by atoms with Crippen LogP contribution in [0.4, 0.5) is 22.4 Å². The number of ether oxygens (including phenoxy) is 1. The van der Waals surface area contributed by atoms with Crippen LogP contribution in [0.25, 0.3) is 11.3 Å². The van der Waals surface area contributed by atoms with Crippen LogP contribution in [0.3, 0.4) is 0 Å². The van der Waals surface area contributed by atoms with Crippen LogP contribution in [0.1, 0.15) is 36.8 Å². The molecule has 7 nitrogen and oxygen atoms in total. The molecule has 1 aromatic carbocycles. The number of alkyl halides is 3. The maximum Gasteiger partial charge on any atom is 0.411 e. The van der Waals surface area contributed by atoms with E-state index in [2.05, 4.69) is 5.10 Å². The molecule has 1 aliphatic heterocycles. The minimum Gasteiger partial charge on any atom is -0.444 e. The second-order valence-electron chi connectivity index (χ2n) is 8.01. The van der Waals surface area contributed by atoms with E-state index in [-0.39, 0.29) is 27.5 Å². The van der Waals surface area contributed by atoms with Crippen molar-refractivity contribution in [3.05, 3.63) is 40.3 Å². The summed E-state index contributed by atoms with van der Waals surface area (Å²) in [5.74, 6) is -1.69. The molecule has 168 valence electrons. The predicted molar refractivity (Wildman–Crippen MR) is 103 cm³/mol. The van der Waals surface area contributed by atoms with Crippen LogP contribution >= 0.6 is 11.6 Å². The fourth-order valence-corrected chi connectivity index (χ4v) is 3.42. The van der Waals surface area contributed by atoms with E-state index in [0.29, 0.717) is 4.90 Å². The lowest BCUT2D eigenvalue weighted by Crippen LogP contribution is -2.55. The van der Waals surface area contributed by atoms with Gasteiger partial charge in [0.1, 0.15) is 17.1 Å². The van der Waals surface area contributed by atoms with Gasteiger partial charge in [-0.1, -0.05) is 11.6 Å². The van der Waals surface area contributed by atoms with Crippen LogP contribution in [-0.2, 0) is 17.8 Å². The highest BCUT2D eigenvalue weighted by Crippen LogP contribution is 2.36. The number of nitrogens with zero attached hydrogens (tertiary/aromatic N) is 3. The molecule has 0 spiro atoms. The molecule has 2 N–H and O–H groups in total. The fraction of sp³-hybridized carbons (Fsp3) is 0.421. The van der Waals surface area contributed by atoms with Crippen molar-refractivity contribution in [1.82, 2.24) is 14.7 Å². The first kappa shape index (κ1) is 22.9. The van der Waals surface area contributed by atoms with Gasteiger partial charge in [0.2, 0.25) is 0 Å². The summed E-state index contributed by atoms with van der Waals surface area (Å²) in [6, 6.07) is 1.26. The maximum atomic E-state index is 13.7. The zero-order chi connectivity index (χ0) is 23.3. The van der Waals surface area contributed by atoms with E-state index < -0.39 is 48.7 Å². The monoisotopic (exact) mass is 462 g/mol. The highest BCUT2D eigenvalue weighted by atomic mass is 35.5. The highest BCUT2D eigenvalue weighted by Gasteiger charge is 2.50. The number of carbonyl (C=O) groups is 2. The lowest BCUT2D eigenvalue weighted by Gasteiger charge is -2.37. The molecule has 31 heavy (non-hydrogen) atoms. The Balaban J connectivity index is 2.13. The van der Waals surface area contributed by atoms with E-state index in [4.69, 9.17) is 22.1 Å². The molecule has 1 atom stereocenters. The van der Waals surface area contributed by atoms with Gasteiger partial charge >= 0.3 is 12.3 Å². The van der Waals surface area contributed by atoms with E-state index in [1.807, 2.05) is 0 Å². The van der Waals surface area contributed by atoms with Gasteiger partial charge in [0.25, 0.3) is 5.91 Å². The van der Waals surface area contributed by atoms with Crippen LogP contribution in [0, 0.1) is 5.82 Å². The molecular formula is C19H19ClF4N4O3. The SMILES string of the molecule is CC(C)(C)OC(=O)N1Cc2c(C(N)=O)c(-c3ccc(F)c(Cl)c3)nn2CC1C(F)(F)F. The first-order valence-corrected chi connectivity index (χ1v) is 9.48. The Morgan fingerprint density at radius 3 is 2.42 bits per heavy atom. The van der Waals surface area contributed by atoms with Gasteiger partial charge in [-0.3, -0.25) is 14.4 Å². The lowest BCUT2D eigenvalue weighted by atomic mass is 10.0. The number of primary amides is 1. The Labute approximate surface area is 179 Å². The van der Waals surface area contributed by atoms with E-state index in [0.717, 1.165) is 10.7 Å². The van der Waals surface area contributed by atoms with Crippen LogP contribution < -0.4 is 5.73 Å². The lowest BCUT2D eigenvalue weighted by molar-refractivity contribution is -0.190. The summed E-state index contributed by atoms with van der Waals surface area (Å²) in [6.07, 6.45) is -5.98. The topological polar surface area (TPSA) is 90.4 Å². The Morgan fingerprint density at radius 1 is 1.26 bits per heavy atom. The van der Waals surface area contributed by atoms with E-state index in [9.17, 15) is 27.2 Å². The van der Waals surface area contributed by atoms with E-state index in [1.54, 1.807) is 0 Å². The van der Waals surface area contributed by atoms with Gasteiger partial charge in [0.05, 0.1) is 29.4 Å². The molecule has 0 fully saturated rings. The molecule has 1 aromatic heterocycles. The zero-order valence-electron chi connectivity index (χ0n) is 16.8. The van der Waals surface area contributed by atoms with Crippen molar-refractivity contribution in [3.8, 4) is 11.3 Å². The predicted octanol–water partition coefficient (Wildman–Crippen LogP) is 4.12. The average molecular weight is 463 g/mol. The Kier molecular flexibility index (Phi) is 5.68. The second-order valence-corrected chi connectivity index (χ2v) is 8.42. The molecule has 2 amide bonds.